The number of nitrogens with one attached hydrogen (secondary N) is 2. The van der Waals surface area contributed by atoms with Crippen LogP contribution >= 0.6 is 11.6 Å². The quantitative estimate of drug-likeness (QED) is 0.634. The van der Waals surface area contributed by atoms with Crippen LogP contribution in [0.3, 0.4) is 0 Å². The molecule has 1 amide bonds. The number of hydrogen-bond donors (Lipinski definition) is 2. The molecule has 0 aliphatic heterocycles. The summed E-state index contributed by atoms with van der Waals surface area (Å²) in [5.74, 6) is -0.518. The molecule has 2 rings (SSSR count). The van der Waals surface area contributed by atoms with Crippen LogP contribution in [0, 0.1) is 0 Å². The fourth-order valence-corrected chi connectivity index (χ4v) is 1.29. The predicted octanol–water partition coefficient (Wildman–Crippen LogP) is 1.22. The number of carbonyl (C=O) groups excluding carboxylic acids is 1. The molecule has 0 saturated heterocycles. The maximum atomic E-state index is 11.5. The number of rotatable bonds is 3. The van der Waals surface area contributed by atoms with Gasteiger partial charge in [0.2, 0.25) is 0 Å². The highest BCUT2D eigenvalue weighted by molar-refractivity contribution is 6.32. The number of nitrogens with zero attached hydrogens (tertiary/aromatic N) is 3. The van der Waals surface area contributed by atoms with E-state index in [4.69, 9.17) is 11.6 Å². The van der Waals surface area contributed by atoms with Crippen LogP contribution in [0.25, 0.3) is 0 Å². The van der Waals surface area contributed by atoms with Crippen LogP contribution in [0.1, 0.15) is 16.1 Å². The van der Waals surface area contributed by atoms with Gasteiger partial charge >= 0.3 is 0 Å². The number of H-pyrrole nitrogens is 1. The van der Waals surface area contributed by atoms with E-state index in [9.17, 15) is 4.79 Å². The number of benzene rings is 1. The Bertz CT molecular complexity index is 537. The number of aromatic nitrogens is 3. The molecule has 1 aromatic heterocycles. The largest absolute Gasteiger partial charge is 0.295 e. The Hall–Kier alpha value is -2.21. The molecule has 2 N–H and O–H groups in total. The highest BCUT2D eigenvalue weighted by atomic mass is 35.5. The van der Waals surface area contributed by atoms with Crippen LogP contribution in [0.5, 0.6) is 0 Å². The summed E-state index contributed by atoms with van der Waals surface area (Å²) in [5, 5.41) is 13.1. The van der Waals surface area contributed by atoms with Crippen molar-refractivity contribution in [3.8, 4) is 0 Å². The zero-order valence-corrected chi connectivity index (χ0v) is 9.35. The Morgan fingerprint density at radius 2 is 2.12 bits per heavy atom. The van der Waals surface area contributed by atoms with Crippen molar-refractivity contribution in [2.45, 2.75) is 0 Å². The number of hydrazone groups is 1. The first-order chi connectivity index (χ1) is 8.27. The number of carbonyl (C=O) groups is 1. The second kappa shape index (κ2) is 5.22. The molecule has 86 valence electrons. The van der Waals surface area contributed by atoms with Gasteiger partial charge in [0.15, 0.2) is 10.8 Å². The predicted molar refractivity (Wildman–Crippen MR) is 62.9 cm³/mol. The van der Waals surface area contributed by atoms with E-state index in [1.54, 1.807) is 0 Å². The summed E-state index contributed by atoms with van der Waals surface area (Å²) >= 11 is 5.61. The van der Waals surface area contributed by atoms with Crippen LogP contribution < -0.4 is 5.43 Å². The van der Waals surface area contributed by atoms with Gasteiger partial charge in [0.05, 0.1) is 6.21 Å². The minimum atomic E-state index is -0.518. The lowest BCUT2D eigenvalue weighted by Gasteiger charge is -1.95. The van der Waals surface area contributed by atoms with Gasteiger partial charge in [0.25, 0.3) is 5.91 Å². The first-order valence-electron chi connectivity index (χ1n) is 4.72. The molecular weight excluding hydrogens is 242 g/mol. The third-order valence-electron chi connectivity index (χ3n) is 1.90. The average molecular weight is 250 g/mol. The normalized spacial score (nSPS) is 10.6. The molecule has 2 aromatic rings. The minimum absolute atomic E-state index is 0.0110. The van der Waals surface area contributed by atoms with Crippen LogP contribution in [0.4, 0.5) is 0 Å². The Balaban J connectivity index is 1.98. The van der Waals surface area contributed by atoms with Gasteiger partial charge in [-0.3, -0.25) is 4.79 Å². The number of halogens is 1. The van der Waals surface area contributed by atoms with Crippen molar-refractivity contribution < 1.29 is 4.79 Å². The molecule has 17 heavy (non-hydrogen) atoms. The third-order valence-corrected chi connectivity index (χ3v) is 2.16. The molecule has 0 aliphatic carbocycles. The summed E-state index contributed by atoms with van der Waals surface area (Å²) in [6, 6.07) is 9.36. The third kappa shape index (κ3) is 2.88. The van der Waals surface area contributed by atoms with Crippen molar-refractivity contribution >= 4 is 23.7 Å². The highest BCUT2D eigenvalue weighted by Gasteiger charge is 2.13. The highest BCUT2D eigenvalue weighted by Crippen LogP contribution is 2.06. The molecule has 6 nitrogen and oxygen atoms in total. The van der Waals surface area contributed by atoms with Crippen molar-refractivity contribution in [2.24, 2.45) is 5.10 Å². The molecule has 0 saturated carbocycles. The van der Waals surface area contributed by atoms with E-state index < -0.39 is 5.91 Å². The monoisotopic (exact) mass is 249 g/mol. The zero-order valence-electron chi connectivity index (χ0n) is 8.59. The van der Waals surface area contributed by atoms with E-state index in [0.717, 1.165) is 5.56 Å². The first-order valence-corrected chi connectivity index (χ1v) is 5.10. The lowest BCUT2D eigenvalue weighted by atomic mass is 10.2. The smallest absolute Gasteiger partial charge is 0.265 e. The van der Waals surface area contributed by atoms with E-state index in [1.165, 1.54) is 6.21 Å². The lowest BCUT2D eigenvalue weighted by molar-refractivity contribution is 0.0950. The fraction of sp³-hybridized carbons (Fsp3) is 0. The number of hydrogen-bond acceptors (Lipinski definition) is 4. The van der Waals surface area contributed by atoms with Gasteiger partial charge in [0, 0.05) is 0 Å². The van der Waals surface area contributed by atoms with Crippen molar-refractivity contribution in [3.63, 3.8) is 0 Å². The first kappa shape index (κ1) is 11.3. The molecule has 0 aliphatic rings. The SMILES string of the molecule is O=C(NN=Cc1ccccc1)c1n[nH]nc1Cl. The van der Waals surface area contributed by atoms with Gasteiger partial charge in [-0.2, -0.15) is 10.3 Å². The van der Waals surface area contributed by atoms with Gasteiger partial charge in [0.1, 0.15) is 0 Å². The van der Waals surface area contributed by atoms with Crippen molar-refractivity contribution in [1.29, 1.82) is 0 Å². The van der Waals surface area contributed by atoms with E-state index in [-0.39, 0.29) is 10.8 Å². The van der Waals surface area contributed by atoms with Crippen LogP contribution in [0.2, 0.25) is 5.15 Å². The summed E-state index contributed by atoms with van der Waals surface area (Å²) in [5.41, 5.74) is 3.18. The summed E-state index contributed by atoms with van der Waals surface area (Å²) in [6.07, 6.45) is 1.52. The van der Waals surface area contributed by atoms with Gasteiger partial charge in [-0.05, 0) is 5.56 Å². The Labute approximate surface area is 102 Å². The van der Waals surface area contributed by atoms with Gasteiger partial charge in [-0.1, -0.05) is 41.9 Å². The van der Waals surface area contributed by atoms with Crippen molar-refractivity contribution in [2.75, 3.05) is 0 Å². The lowest BCUT2D eigenvalue weighted by Crippen LogP contribution is -2.18. The Kier molecular flexibility index (Phi) is 3.46. The zero-order chi connectivity index (χ0) is 12.1. The molecule has 0 atom stereocenters. The standard InChI is InChI=1S/C10H8ClN5O/c11-9-8(13-16-14-9)10(17)15-12-6-7-4-2-1-3-5-7/h1-6H,(H,15,17)(H,13,14,16). The molecule has 1 aromatic carbocycles. The molecule has 0 spiro atoms. The molecule has 0 fully saturated rings. The summed E-state index contributed by atoms with van der Waals surface area (Å²) in [7, 11) is 0. The minimum Gasteiger partial charge on any atom is -0.265 e. The number of aromatic amines is 1. The Morgan fingerprint density at radius 1 is 1.35 bits per heavy atom. The van der Waals surface area contributed by atoms with Crippen LogP contribution in [0.15, 0.2) is 35.4 Å². The average Bonchev–Trinajstić information content (AvgIpc) is 2.77. The van der Waals surface area contributed by atoms with E-state index >= 15 is 0 Å². The summed E-state index contributed by atoms with van der Waals surface area (Å²) < 4.78 is 0. The maximum Gasteiger partial charge on any atom is 0.295 e. The van der Waals surface area contributed by atoms with Gasteiger partial charge < -0.3 is 0 Å². The topological polar surface area (TPSA) is 83.0 Å². The second-order valence-corrected chi connectivity index (χ2v) is 3.43. The molecule has 0 radical (unpaired) electrons. The molecule has 0 bridgehead atoms. The van der Waals surface area contributed by atoms with E-state index in [0.29, 0.717) is 0 Å². The van der Waals surface area contributed by atoms with Gasteiger partial charge in [-0.15, -0.1) is 10.2 Å². The van der Waals surface area contributed by atoms with E-state index in [1.807, 2.05) is 30.3 Å². The second-order valence-electron chi connectivity index (χ2n) is 3.07. The van der Waals surface area contributed by atoms with Crippen molar-refractivity contribution in [1.82, 2.24) is 20.8 Å². The number of amides is 1. The molecular formula is C10H8ClN5O. The maximum absolute atomic E-state index is 11.5. The fourth-order valence-electron chi connectivity index (χ4n) is 1.12. The van der Waals surface area contributed by atoms with E-state index in [2.05, 4.69) is 25.9 Å². The van der Waals surface area contributed by atoms with Crippen LogP contribution in [-0.2, 0) is 0 Å². The van der Waals surface area contributed by atoms with Gasteiger partial charge in [-0.25, -0.2) is 5.43 Å². The molecule has 0 unspecified atom stereocenters. The van der Waals surface area contributed by atoms with Crippen molar-refractivity contribution in [3.05, 3.63) is 46.7 Å². The molecule has 7 heteroatoms. The Morgan fingerprint density at radius 3 is 2.76 bits per heavy atom. The summed E-state index contributed by atoms with van der Waals surface area (Å²) in [4.78, 5) is 11.5. The molecule has 1 heterocycles. The summed E-state index contributed by atoms with van der Waals surface area (Å²) in [6.45, 7) is 0. The van der Waals surface area contributed by atoms with Crippen LogP contribution in [-0.4, -0.2) is 27.5 Å².